The van der Waals surface area contributed by atoms with Crippen LogP contribution in [0.2, 0.25) is 0 Å². The van der Waals surface area contributed by atoms with Gasteiger partial charge in [0.25, 0.3) is 5.91 Å². The number of carbonyl (C=O) groups is 1. The molecular formula is C12H17N3OS. The number of carbonyl (C=O) groups excluding carboxylic acids is 1. The summed E-state index contributed by atoms with van der Waals surface area (Å²) in [5.74, 6) is -0.179. The van der Waals surface area contributed by atoms with Crippen molar-refractivity contribution in [1.82, 2.24) is 10.3 Å². The SMILES string of the molecule is CCCC(NC(=O)c1cccnc1C)C(N)=S. The normalized spacial score (nSPS) is 11.9. The number of hydrogen-bond acceptors (Lipinski definition) is 3. The van der Waals surface area contributed by atoms with Crippen LogP contribution in [0.15, 0.2) is 18.3 Å². The lowest BCUT2D eigenvalue weighted by atomic mass is 10.1. The van der Waals surface area contributed by atoms with Gasteiger partial charge >= 0.3 is 0 Å². The Kier molecular flexibility index (Phi) is 5.03. The molecule has 1 unspecified atom stereocenters. The highest BCUT2D eigenvalue weighted by molar-refractivity contribution is 7.80. The van der Waals surface area contributed by atoms with Crippen LogP contribution < -0.4 is 11.1 Å². The second kappa shape index (κ2) is 6.30. The molecule has 0 spiro atoms. The minimum atomic E-state index is -0.248. The van der Waals surface area contributed by atoms with Crippen LogP contribution in [0.1, 0.15) is 35.8 Å². The van der Waals surface area contributed by atoms with Gasteiger partial charge in [-0.15, -0.1) is 0 Å². The molecule has 0 aliphatic heterocycles. The van der Waals surface area contributed by atoms with E-state index in [-0.39, 0.29) is 11.9 Å². The third-order valence-electron chi connectivity index (χ3n) is 2.48. The first-order chi connectivity index (χ1) is 8.06. The van der Waals surface area contributed by atoms with Crippen molar-refractivity contribution in [2.24, 2.45) is 5.73 Å². The van der Waals surface area contributed by atoms with Gasteiger partial charge in [-0.05, 0) is 25.5 Å². The highest BCUT2D eigenvalue weighted by Crippen LogP contribution is 2.05. The summed E-state index contributed by atoms with van der Waals surface area (Å²) in [7, 11) is 0. The van der Waals surface area contributed by atoms with Crippen molar-refractivity contribution in [3.05, 3.63) is 29.6 Å². The van der Waals surface area contributed by atoms with Crippen LogP contribution >= 0.6 is 12.2 Å². The number of rotatable bonds is 5. The molecule has 0 aliphatic carbocycles. The number of hydrogen-bond donors (Lipinski definition) is 2. The number of amides is 1. The Morgan fingerprint density at radius 1 is 1.65 bits per heavy atom. The Morgan fingerprint density at radius 2 is 2.35 bits per heavy atom. The molecule has 1 aromatic rings. The average molecular weight is 251 g/mol. The van der Waals surface area contributed by atoms with E-state index in [9.17, 15) is 4.79 Å². The summed E-state index contributed by atoms with van der Waals surface area (Å²) >= 11 is 4.93. The third-order valence-corrected chi connectivity index (χ3v) is 2.76. The van der Waals surface area contributed by atoms with Gasteiger partial charge < -0.3 is 11.1 Å². The van der Waals surface area contributed by atoms with Crippen molar-refractivity contribution < 1.29 is 4.79 Å². The van der Waals surface area contributed by atoms with E-state index in [0.29, 0.717) is 16.2 Å². The molecule has 3 N–H and O–H groups in total. The maximum Gasteiger partial charge on any atom is 0.253 e. The molecule has 0 fully saturated rings. The van der Waals surface area contributed by atoms with E-state index in [1.807, 2.05) is 6.92 Å². The molecule has 0 saturated carbocycles. The lowest BCUT2D eigenvalue weighted by molar-refractivity contribution is 0.0944. The van der Waals surface area contributed by atoms with Crippen molar-refractivity contribution in [2.75, 3.05) is 0 Å². The van der Waals surface area contributed by atoms with Crippen LogP contribution in [0.4, 0.5) is 0 Å². The molecule has 0 aromatic carbocycles. The quantitative estimate of drug-likeness (QED) is 0.780. The fourth-order valence-corrected chi connectivity index (χ4v) is 1.71. The van der Waals surface area contributed by atoms with Crippen LogP contribution in [0.25, 0.3) is 0 Å². The van der Waals surface area contributed by atoms with Gasteiger partial charge in [0.15, 0.2) is 0 Å². The monoisotopic (exact) mass is 251 g/mol. The highest BCUT2D eigenvalue weighted by atomic mass is 32.1. The van der Waals surface area contributed by atoms with Gasteiger partial charge in [-0.25, -0.2) is 0 Å². The Morgan fingerprint density at radius 3 is 2.88 bits per heavy atom. The standard InChI is InChI=1S/C12H17N3OS/c1-3-5-10(11(13)17)15-12(16)9-6-4-7-14-8(9)2/h4,6-7,10H,3,5H2,1-2H3,(H2,13,17)(H,15,16). The second-order valence-corrected chi connectivity index (χ2v) is 4.32. The van der Waals surface area contributed by atoms with E-state index in [2.05, 4.69) is 10.3 Å². The zero-order valence-electron chi connectivity index (χ0n) is 10.1. The Balaban J connectivity index is 2.77. The lowest BCUT2D eigenvalue weighted by Gasteiger charge is -2.17. The maximum absolute atomic E-state index is 12.0. The van der Waals surface area contributed by atoms with Gasteiger partial charge in [-0.3, -0.25) is 9.78 Å². The first-order valence-corrected chi connectivity index (χ1v) is 5.99. The first-order valence-electron chi connectivity index (χ1n) is 5.58. The molecule has 1 atom stereocenters. The summed E-state index contributed by atoms with van der Waals surface area (Å²) in [4.78, 5) is 16.4. The van der Waals surface area contributed by atoms with Gasteiger partial charge in [0, 0.05) is 11.9 Å². The molecule has 5 heteroatoms. The zero-order valence-corrected chi connectivity index (χ0v) is 10.9. The maximum atomic E-state index is 12.0. The summed E-state index contributed by atoms with van der Waals surface area (Å²) in [6.45, 7) is 3.82. The zero-order chi connectivity index (χ0) is 12.8. The Bertz CT molecular complexity index is 420. The molecule has 17 heavy (non-hydrogen) atoms. The summed E-state index contributed by atoms with van der Waals surface area (Å²) in [6, 6.07) is 3.22. The van der Waals surface area contributed by atoms with E-state index in [0.717, 1.165) is 12.8 Å². The van der Waals surface area contributed by atoms with Gasteiger partial charge in [-0.2, -0.15) is 0 Å². The van der Waals surface area contributed by atoms with Crippen LogP contribution in [-0.4, -0.2) is 21.9 Å². The third kappa shape index (κ3) is 3.78. The lowest BCUT2D eigenvalue weighted by Crippen LogP contribution is -2.43. The van der Waals surface area contributed by atoms with Crippen LogP contribution in [0.5, 0.6) is 0 Å². The smallest absolute Gasteiger partial charge is 0.253 e. The minimum absolute atomic E-state index is 0.179. The van der Waals surface area contributed by atoms with E-state index < -0.39 is 0 Å². The van der Waals surface area contributed by atoms with Gasteiger partial charge in [0.2, 0.25) is 0 Å². The first kappa shape index (κ1) is 13.6. The van der Waals surface area contributed by atoms with Gasteiger partial charge in [0.05, 0.1) is 16.6 Å². The highest BCUT2D eigenvalue weighted by Gasteiger charge is 2.16. The molecule has 0 saturated heterocycles. The number of pyridine rings is 1. The average Bonchev–Trinajstić information content (AvgIpc) is 2.28. The summed E-state index contributed by atoms with van der Waals surface area (Å²) in [5.41, 5.74) is 6.85. The van der Waals surface area contributed by atoms with Crippen molar-refractivity contribution >= 4 is 23.1 Å². The van der Waals surface area contributed by atoms with E-state index >= 15 is 0 Å². The molecule has 0 aliphatic rings. The predicted molar refractivity (Wildman–Crippen MR) is 71.9 cm³/mol. The van der Waals surface area contributed by atoms with Crippen LogP contribution in [-0.2, 0) is 0 Å². The Labute approximate surface area is 107 Å². The predicted octanol–water partition coefficient (Wildman–Crippen LogP) is 1.57. The fourth-order valence-electron chi connectivity index (χ4n) is 1.53. The van der Waals surface area contributed by atoms with Crippen molar-refractivity contribution in [3.8, 4) is 0 Å². The molecule has 1 amide bonds. The number of nitrogens with one attached hydrogen (secondary N) is 1. The van der Waals surface area contributed by atoms with E-state index in [1.54, 1.807) is 25.3 Å². The van der Waals surface area contributed by atoms with Crippen molar-refractivity contribution in [1.29, 1.82) is 0 Å². The molecule has 4 nitrogen and oxygen atoms in total. The minimum Gasteiger partial charge on any atom is -0.392 e. The number of aryl methyl sites for hydroxylation is 1. The second-order valence-electron chi connectivity index (χ2n) is 3.85. The molecule has 1 aromatic heterocycles. The topological polar surface area (TPSA) is 68.0 Å². The molecule has 0 bridgehead atoms. The number of thiocarbonyl (C=S) groups is 1. The van der Waals surface area contributed by atoms with Gasteiger partial charge in [-0.1, -0.05) is 25.6 Å². The summed E-state index contributed by atoms with van der Waals surface area (Å²) in [5, 5.41) is 2.83. The van der Waals surface area contributed by atoms with Crippen LogP contribution in [0, 0.1) is 6.92 Å². The molecule has 1 rings (SSSR count). The Hall–Kier alpha value is -1.49. The molecular weight excluding hydrogens is 234 g/mol. The number of nitrogens with two attached hydrogens (primary N) is 1. The van der Waals surface area contributed by atoms with E-state index in [1.165, 1.54) is 0 Å². The fraction of sp³-hybridized carbons (Fsp3) is 0.417. The molecule has 92 valence electrons. The largest absolute Gasteiger partial charge is 0.392 e. The van der Waals surface area contributed by atoms with Crippen LogP contribution in [0.3, 0.4) is 0 Å². The molecule has 0 radical (unpaired) electrons. The summed E-state index contributed by atoms with van der Waals surface area (Å²) in [6.07, 6.45) is 3.32. The van der Waals surface area contributed by atoms with Crippen molar-refractivity contribution in [3.63, 3.8) is 0 Å². The molecule has 1 heterocycles. The van der Waals surface area contributed by atoms with Crippen molar-refractivity contribution in [2.45, 2.75) is 32.7 Å². The number of aromatic nitrogens is 1. The summed E-state index contributed by atoms with van der Waals surface area (Å²) < 4.78 is 0. The number of nitrogens with zero attached hydrogens (tertiary/aromatic N) is 1. The van der Waals surface area contributed by atoms with Gasteiger partial charge in [0.1, 0.15) is 0 Å². The van der Waals surface area contributed by atoms with E-state index in [4.69, 9.17) is 18.0 Å².